The number of fused-ring (bicyclic) bond motifs is 1. The van der Waals surface area contributed by atoms with Gasteiger partial charge in [0.25, 0.3) is 0 Å². The Labute approximate surface area is 140 Å². The van der Waals surface area contributed by atoms with Gasteiger partial charge in [0.1, 0.15) is 16.8 Å². The van der Waals surface area contributed by atoms with Gasteiger partial charge in [-0.25, -0.2) is 14.4 Å². The molecule has 23 heavy (non-hydrogen) atoms. The number of aromatic nitrogens is 2. The summed E-state index contributed by atoms with van der Waals surface area (Å²) in [4.78, 5) is 12.8. The van der Waals surface area contributed by atoms with E-state index in [1.165, 1.54) is 0 Å². The van der Waals surface area contributed by atoms with Gasteiger partial charge in [-0.15, -0.1) is 11.3 Å². The molecule has 0 spiro atoms. The molecule has 4 heterocycles. The number of nitrogen functional groups attached to an aromatic ring is 1. The van der Waals surface area contributed by atoms with E-state index in [9.17, 15) is 4.39 Å². The molecule has 5 nitrogen and oxygen atoms in total. The zero-order chi connectivity index (χ0) is 16.0. The van der Waals surface area contributed by atoms with Crippen molar-refractivity contribution in [2.24, 2.45) is 0 Å². The number of rotatable bonds is 3. The standard InChI is InChI=1S/C15H14ClFN4OS/c16-12-2-1-11(22-12)14-19-13(18)10-5-9(23-15(10)20-14)7-21-4-3-8(17)6-21/h1-2,5,8H,3-4,6-7H2,(H2,18,19,20)/t8-/m0/s1. The molecule has 0 saturated carbocycles. The molecule has 0 aromatic carbocycles. The normalized spacial score (nSPS) is 19.0. The van der Waals surface area contributed by atoms with Gasteiger partial charge < -0.3 is 10.2 Å². The summed E-state index contributed by atoms with van der Waals surface area (Å²) < 4.78 is 18.6. The predicted molar refractivity (Wildman–Crippen MR) is 89.3 cm³/mol. The first-order valence-corrected chi connectivity index (χ1v) is 8.46. The molecule has 120 valence electrons. The Bertz CT molecular complexity index is 864. The predicted octanol–water partition coefficient (Wildman–Crippen LogP) is 3.73. The highest BCUT2D eigenvalue weighted by atomic mass is 35.5. The zero-order valence-corrected chi connectivity index (χ0v) is 13.7. The van der Waals surface area contributed by atoms with Crippen LogP contribution < -0.4 is 5.73 Å². The fraction of sp³-hybridized carbons (Fsp3) is 0.333. The highest BCUT2D eigenvalue weighted by Gasteiger charge is 2.22. The Morgan fingerprint density at radius 1 is 1.43 bits per heavy atom. The third-order valence-corrected chi connectivity index (χ3v) is 5.08. The van der Waals surface area contributed by atoms with Gasteiger partial charge in [-0.1, -0.05) is 0 Å². The first-order chi connectivity index (χ1) is 11.1. The smallest absolute Gasteiger partial charge is 0.199 e. The van der Waals surface area contributed by atoms with Crippen LogP contribution in [-0.4, -0.2) is 34.1 Å². The van der Waals surface area contributed by atoms with Crippen molar-refractivity contribution in [2.45, 2.75) is 19.1 Å². The molecule has 1 aliphatic rings. The molecule has 2 N–H and O–H groups in total. The summed E-state index contributed by atoms with van der Waals surface area (Å²) in [5.74, 6) is 1.31. The quantitative estimate of drug-likeness (QED) is 0.777. The second-order valence-electron chi connectivity index (χ2n) is 5.59. The molecule has 1 fully saturated rings. The summed E-state index contributed by atoms with van der Waals surface area (Å²) in [5, 5.41) is 1.10. The van der Waals surface area contributed by atoms with E-state index in [4.69, 9.17) is 21.8 Å². The van der Waals surface area contributed by atoms with Gasteiger partial charge in [-0.2, -0.15) is 0 Å². The van der Waals surface area contributed by atoms with Crippen molar-refractivity contribution >= 4 is 39.0 Å². The average molecular weight is 353 g/mol. The van der Waals surface area contributed by atoms with Crippen LogP contribution >= 0.6 is 22.9 Å². The average Bonchev–Trinajstić information content (AvgIpc) is 3.20. The van der Waals surface area contributed by atoms with Gasteiger partial charge in [0.05, 0.1) is 5.39 Å². The lowest BCUT2D eigenvalue weighted by Gasteiger charge is -2.12. The van der Waals surface area contributed by atoms with E-state index in [1.54, 1.807) is 23.5 Å². The second kappa shape index (κ2) is 5.74. The maximum atomic E-state index is 13.3. The molecule has 1 saturated heterocycles. The van der Waals surface area contributed by atoms with Gasteiger partial charge in [0.15, 0.2) is 16.8 Å². The molecular weight excluding hydrogens is 339 g/mol. The number of hydrogen-bond acceptors (Lipinski definition) is 6. The number of anilines is 1. The van der Waals surface area contributed by atoms with E-state index in [-0.39, 0.29) is 5.22 Å². The molecule has 8 heteroatoms. The van der Waals surface area contributed by atoms with Crippen LogP contribution in [0.2, 0.25) is 5.22 Å². The molecule has 4 rings (SSSR count). The summed E-state index contributed by atoms with van der Waals surface area (Å²) >= 11 is 7.34. The third-order valence-electron chi connectivity index (χ3n) is 3.86. The van der Waals surface area contributed by atoms with Crippen molar-refractivity contribution in [3.8, 4) is 11.6 Å². The largest absolute Gasteiger partial charge is 0.441 e. The van der Waals surface area contributed by atoms with Crippen LogP contribution in [-0.2, 0) is 6.54 Å². The lowest BCUT2D eigenvalue weighted by Crippen LogP contribution is -2.19. The Balaban J connectivity index is 1.66. The van der Waals surface area contributed by atoms with Gasteiger partial charge in [0.2, 0.25) is 0 Å². The molecule has 0 unspecified atom stereocenters. The van der Waals surface area contributed by atoms with Crippen LogP contribution in [0.4, 0.5) is 10.2 Å². The first kappa shape index (κ1) is 14.9. The molecule has 0 bridgehead atoms. The summed E-state index contributed by atoms with van der Waals surface area (Å²) in [7, 11) is 0. The van der Waals surface area contributed by atoms with E-state index >= 15 is 0 Å². The number of nitrogens with two attached hydrogens (primary N) is 1. The van der Waals surface area contributed by atoms with Crippen molar-refractivity contribution in [3.63, 3.8) is 0 Å². The van der Waals surface area contributed by atoms with Crippen LogP contribution in [0.5, 0.6) is 0 Å². The molecule has 1 atom stereocenters. The van der Waals surface area contributed by atoms with E-state index in [0.717, 1.165) is 21.6 Å². The molecule has 3 aromatic rings. The summed E-state index contributed by atoms with van der Waals surface area (Å²) in [6.45, 7) is 1.99. The highest BCUT2D eigenvalue weighted by Crippen LogP contribution is 2.32. The lowest BCUT2D eigenvalue weighted by atomic mass is 10.3. The van der Waals surface area contributed by atoms with E-state index in [2.05, 4.69) is 14.9 Å². The number of furan rings is 1. The van der Waals surface area contributed by atoms with Crippen molar-refractivity contribution in [3.05, 3.63) is 28.3 Å². The van der Waals surface area contributed by atoms with Gasteiger partial charge in [-0.05, 0) is 36.2 Å². The Morgan fingerprint density at radius 2 is 2.30 bits per heavy atom. The van der Waals surface area contributed by atoms with Crippen LogP contribution in [0, 0.1) is 0 Å². The van der Waals surface area contributed by atoms with Gasteiger partial charge >= 0.3 is 0 Å². The highest BCUT2D eigenvalue weighted by molar-refractivity contribution is 7.18. The summed E-state index contributed by atoms with van der Waals surface area (Å²) in [6, 6.07) is 5.34. The number of halogens is 2. The summed E-state index contributed by atoms with van der Waals surface area (Å²) in [6.07, 6.45) is -0.111. The minimum atomic E-state index is -0.718. The second-order valence-corrected chi connectivity index (χ2v) is 7.08. The van der Waals surface area contributed by atoms with E-state index < -0.39 is 6.17 Å². The number of thiophene rings is 1. The minimum Gasteiger partial charge on any atom is -0.441 e. The Hall–Kier alpha value is -1.70. The van der Waals surface area contributed by atoms with Crippen LogP contribution in [0.3, 0.4) is 0 Å². The van der Waals surface area contributed by atoms with Crippen LogP contribution in [0.15, 0.2) is 22.6 Å². The van der Waals surface area contributed by atoms with Crippen molar-refractivity contribution < 1.29 is 8.81 Å². The fourth-order valence-electron chi connectivity index (χ4n) is 2.77. The van der Waals surface area contributed by atoms with Gasteiger partial charge in [-0.3, -0.25) is 4.90 Å². The number of nitrogens with zero attached hydrogens (tertiary/aromatic N) is 3. The third kappa shape index (κ3) is 2.91. The topological polar surface area (TPSA) is 68.2 Å². The monoisotopic (exact) mass is 352 g/mol. The molecular formula is C15H14ClFN4OS. The van der Waals surface area contributed by atoms with Crippen molar-refractivity contribution in [1.82, 2.24) is 14.9 Å². The van der Waals surface area contributed by atoms with E-state index in [0.29, 0.717) is 36.9 Å². The molecule has 3 aromatic heterocycles. The SMILES string of the molecule is Nc1nc(-c2ccc(Cl)o2)nc2sc(CN3CC[C@H](F)C3)cc12. The van der Waals surface area contributed by atoms with Crippen LogP contribution in [0.1, 0.15) is 11.3 Å². The van der Waals surface area contributed by atoms with Crippen molar-refractivity contribution in [2.75, 3.05) is 18.8 Å². The summed E-state index contributed by atoms with van der Waals surface area (Å²) in [5.41, 5.74) is 6.05. The molecule has 0 amide bonds. The number of alkyl halides is 1. The maximum absolute atomic E-state index is 13.3. The minimum absolute atomic E-state index is 0.281. The lowest BCUT2D eigenvalue weighted by molar-refractivity contribution is 0.284. The molecule has 0 radical (unpaired) electrons. The fourth-order valence-corrected chi connectivity index (χ4v) is 3.99. The zero-order valence-electron chi connectivity index (χ0n) is 12.1. The molecule has 0 aliphatic carbocycles. The van der Waals surface area contributed by atoms with Gasteiger partial charge in [0, 0.05) is 24.5 Å². The van der Waals surface area contributed by atoms with Crippen molar-refractivity contribution in [1.29, 1.82) is 0 Å². The number of likely N-dealkylation sites (tertiary alicyclic amines) is 1. The Morgan fingerprint density at radius 3 is 3.00 bits per heavy atom. The van der Waals surface area contributed by atoms with E-state index in [1.807, 2.05) is 6.07 Å². The Kier molecular flexibility index (Phi) is 3.71. The molecule has 1 aliphatic heterocycles. The number of hydrogen-bond donors (Lipinski definition) is 1. The first-order valence-electron chi connectivity index (χ1n) is 7.26. The van der Waals surface area contributed by atoms with Crippen LogP contribution in [0.25, 0.3) is 21.8 Å². The maximum Gasteiger partial charge on any atom is 0.199 e.